The number of carbonyl (C=O) groups excluding carboxylic acids is 3. The van der Waals surface area contributed by atoms with Crippen molar-refractivity contribution < 1.29 is 29.0 Å². The van der Waals surface area contributed by atoms with Gasteiger partial charge in [-0.3, -0.25) is 19.8 Å². The molecule has 34 heavy (non-hydrogen) atoms. The van der Waals surface area contributed by atoms with Crippen molar-refractivity contribution >= 4 is 57.7 Å². The van der Waals surface area contributed by atoms with Gasteiger partial charge in [0.15, 0.2) is 5.13 Å². The van der Waals surface area contributed by atoms with E-state index < -0.39 is 40.9 Å². The Labute approximate surface area is 204 Å². The second-order valence-corrected chi connectivity index (χ2v) is 11.2. The number of hydrogen-bond donors (Lipinski definition) is 3. The van der Waals surface area contributed by atoms with Crippen LogP contribution in [0.2, 0.25) is 0 Å². The average molecular weight is 507 g/mol. The Bertz CT molecular complexity index is 1090. The Kier molecular flexibility index (Phi) is 6.72. The Hall–Kier alpha value is -2.86. The molecule has 3 aliphatic rings. The zero-order valence-electron chi connectivity index (χ0n) is 19.0. The van der Waals surface area contributed by atoms with Gasteiger partial charge in [0.05, 0.1) is 11.3 Å². The fourth-order valence-corrected chi connectivity index (χ4v) is 5.45. The molecule has 0 radical (unpaired) electrons. The van der Waals surface area contributed by atoms with E-state index in [1.807, 2.05) is 6.08 Å². The SMILES string of the molecule is CC(C)(C)OC(=O)Nc1nc(/C(=C/CC2CC2)C(=O)NC2C(=O)N3C(C(=O)O)=CCSC23)cs1. The monoisotopic (exact) mass is 506 g/mol. The number of carbonyl (C=O) groups is 4. The van der Waals surface area contributed by atoms with Gasteiger partial charge in [0, 0.05) is 11.1 Å². The van der Waals surface area contributed by atoms with Crippen molar-refractivity contribution in [2.24, 2.45) is 5.92 Å². The lowest BCUT2D eigenvalue weighted by atomic mass is 10.0. The molecule has 4 rings (SSSR count). The highest BCUT2D eigenvalue weighted by atomic mass is 32.2. The van der Waals surface area contributed by atoms with Crippen LogP contribution in [0, 0.1) is 5.92 Å². The van der Waals surface area contributed by atoms with Crippen LogP contribution < -0.4 is 10.6 Å². The highest BCUT2D eigenvalue weighted by Gasteiger charge is 2.52. The number of aromatic nitrogens is 1. The van der Waals surface area contributed by atoms with Crippen molar-refractivity contribution in [1.29, 1.82) is 0 Å². The van der Waals surface area contributed by atoms with Crippen molar-refractivity contribution in [2.45, 2.75) is 57.1 Å². The first-order valence-corrected chi connectivity index (χ1v) is 12.8. The quantitative estimate of drug-likeness (QED) is 0.379. The molecule has 3 heterocycles. The van der Waals surface area contributed by atoms with E-state index in [2.05, 4.69) is 15.6 Å². The van der Waals surface area contributed by atoms with Crippen molar-refractivity contribution in [2.75, 3.05) is 11.1 Å². The molecule has 1 aliphatic carbocycles. The Morgan fingerprint density at radius 2 is 2.06 bits per heavy atom. The van der Waals surface area contributed by atoms with Gasteiger partial charge in [0.25, 0.3) is 11.8 Å². The molecule has 2 atom stereocenters. The fourth-order valence-electron chi connectivity index (χ4n) is 3.55. The van der Waals surface area contributed by atoms with Crippen molar-refractivity contribution in [1.82, 2.24) is 15.2 Å². The highest BCUT2D eigenvalue weighted by Crippen LogP contribution is 2.38. The highest BCUT2D eigenvalue weighted by molar-refractivity contribution is 8.00. The molecule has 12 heteroatoms. The summed E-state index contributed by atoms with van der Waals surface area (Å²) in [5.74, 6) is -1.11. The molecule has 0 aromatic carbocycles. The number of hydrogen-bond acceptors (Lipinski definition) is 8. The molecule has 1 aromatic heterocycles. The third-order valence-electron chi connectivity index (χ3n) is 5.34. The van der Waals surface area contributed by atoms with Gasteiger partial charge in [-0.15, -0.1) is 23.1 Å². The summed E-state index contributed by atoms with van der Waals surface area (Å²) in [6.07, 6.45) is 5.59. The smallest absolute Gasteiger partial charge is 0.413 e. The molecule has 1 aromatic rings. The summed E-state index contributed by atoms with van der Waals surface area (Å²) in [6, 6.07) is -0.817. The molecule has 2 aliphatic heterocycles. The molecule has 0 spiro atoms. The summed E-state index contributed by atoms with van der Waals surface area (Å²) in [6.45, 7) is 5.27. The number of carboxylic acid groups (broad SMARTS) is 1. The maximum Gasteiger partial charge on any atom is 0.413 e. The van der Waals surface area contributed by atoms with E-state index in [1.54, 1.807) is 26.2 Å². The first-order valence-electron chi connectivity index (χ1n) is 10.9. The van der Waals surface area contributed by atoms with Crippen LogP contribution in [-0.4, -0.2) is 61.6 Å². The summed E-state index contributed by atoms with van der Waals surface area (Å²) < 4.78 is 5.24. The Balaban J connectivity index is 1.47. The maximum absolute atomic E-state index is 13.2. The molecule has 1 saturated heterocycles. The minimum absolute atomic E-state index is 0.0545. The number of β-lactam (4-membered cyclic amide) rings is 1. The van der Waals surface area contributed by atoms with Gasteiger partial charge in [0.2, 0.25) is 0 Å². The lowest BCUT2D eigenvalue weighted by molar-refractivity contribution is -0.150. The summed E-state index contributed by atoms with van der Waals surface area (Å²) in [5, 5.41) is 16.2. The van der Waals surface area contributed by atoms with Crippen LogP contribution in [0.1, 0.15) is 45.7 Å². The maximum atomic E-state index is 13.2. The van der Waals surface area contributed by atoms with Crippen molar-refractivity contribution in [3.63, 3.8) is 0 Å². The predicted molar refractivity (Wildman–Crippen MR) is 128 cm³/mol. The van der Waals surface area contributed by atoms with Crippen molar-refractivity contribution in [3.8, 4) is 0 Å². The number of rotatable bonds is 7. The van der Waals surface area contributed by atoms with Crippen molar-refractivity contribution in [3.05, 3.63) is 28.9 Å². The fraction of sp³-hybridized carbons (Fsp3) is 0.500. The van der Waals surface area contributed by atoms with Gasteiger partial charge in [-0.05, 0) is 52.0 Å². The second kappa shape index (κ2) is 9.41. The first-order chi connectivity index (χ1) is 16.0. The minimum atomic E-state index is -1.17. The van der Waals surface area contributed by atoms with Crippen LogP contribution in [-0.2, 0) is 19.1 Å². The van der Waals surface area contributed by atoms with Crippen LogP contribution in [0.15, 0.2) is 23.2 Å². The summed E-state index contributed by atoms with van der Waals surface area (Å²) in [4.78, 5) is 54.9. The lowest BCUT2D eigenvalue weighted by Crippen LogP contribution is -2.70. The number of amides is 3. The number of nitrogens with one attached hydrogen (secondary N) is 2. The Morgan fingerprint density at radius 3 is 2.71 bits per heavy atom. The van der Waals surface area contributed by atoms with E-state index in [0.717, 1.165) is 24.2 Å². The number of allylic oxidation sites excluding steroid dienone is 1. The zero-order chi connectivity index (χ0) is 24.6. The zero-order valence-corrected chi connectivity index (χ0v) is 20.6. The average Bonchev–Trinajstić information content (AvgIpc) is 3.47. The number of anilines is 1. The van der Waals surface area contributed by atoms with E-state index >= 15 is 0 Å². The van der Waals surface area contributed by atoms with Crippen LogP contribution >= 0.6 is 23.1 Å². The number of aliphatic carboxylic acids is 1. The second-order valence-electron chi connectivity index (χ2n) is 9.24. The van der Waals surface area contributed by atoms with Gasteiger partial charge in [0.1, 0.15) is 22.7 Å². The number of thioether (sulfide) groups is 1. The van der Waals surface area contributed by atoms with E-state index in [4.69, 9.17) is 4.74 Å². The molecule has 1 saturated carbocycles. The summed E-state index contributed by atoms with van der Waals surface area (Å²) >= 11 is 2.56. The van der Waals surface area contributed by atoms with Crippen LogP contribution in [0.25, 0.3) is 5.57 Å². The van der Waals surface area contributed by atoms with E-state index in [0.29, 0.717) is 34.5 Å². The number of fused-ring (bicyclic) bond motifs is 1. The largest absolute Gasteiger partial charge is 0.477 e. The molecular weight excluding hydrogens is 480 g/mol. The molecule has 3 N–H and O–H groups in total. The lowest BCUT2D eigenvalue weighted by Gasteiger charge is -2.48. The summed E-state index contributed by atoms with van der Waals surface area (Å²) in [5.41, 5.74) is -0.00196. The molecule has 3 amide bonds. The van der Waals surface area contributed by atoms with Gasteiger partial charge in [-0.25, -0.2) is 14.6 Å². The number of nitrogens with zero attached hydrogens (tertiary/aromatic N) is 2. The van der Waals surface area contributed by atoms with E-state index in [1.165, 1.54) is 22.7 Å². The van der Waals surface area contributed by atoms with Crippen LogP contribution in [0.4, 0.5) is 9.93 Å². The predicted octanol–water partition coefficient (Wildman–Crippen LogP) is 3.04. The third-order valence-corrected chi connectivity index (χ3v) is 7.28. The number of ether oxygens (including phenoxy) is 1. The van der Waals surface area contributed by atoms with Gasteiger partial charge < -0.3 is 15.2 Å². The van der Waals surface area contributed by atoms with Crippen LogP contribution in [0.3, 0.4) is 0 Å². The van der Waals surface area contributed by atoms with E-state index in [9.17, 15) is 24.3 Å². The molecule has 0 bridgehead atoms. The summed E-state index contributed by atoms with van der Waals surface area (Å²) in [7, 11) is 0. The molecule has 10 nitrogen and oxygen atoms in total. The van der Waals surface area contributed by atoms with Gasteiger partial charge in [-0.2, -0.15) is 0 Å². The van der Waals surface area contributed by atoms with Gasteiger partial charge >= 0.3 is 12.1 Å². The molecule has 2 fully saturated rings. The Morgan fingerprint density at radius 1 is 1.32 bits per heavy atom. The molecule has 182 valence electrons. The third kappa shape index (κ3) is 5.44. The first kappa shape index (κ1) is 24.3. The van der Waals surface area contributed by atoms with Crippen LogP contribution in [0.5, 0.6) is 0 Å². The normalized spacial score (nSPS) is 22.3. The molecule has 2 unspecified atom stereocenters. The molecular formula is C22H26N4O6S2. The van der Waals surface area contributed by atoms with E-state index in [-0.39, 0.29) is 5.70 Å². The minimum Gasteiger partial charge on any atom is -0.477 e. The number of thiazole rings is 1. The number of carboxylic acids is 1. The van der Waals surface area contributed by atoms with Gasteiger partial charge in [-0.1, -0.05) is 6.08 Å². The topological polar surface area (TPSA) is 138 Å². The standard InChI is InChI=1S/C22H26N4O6S2/c1-22(2,3)32-21(31)25-20-23-13(10-34-20)12(7-6-11-4-5-11)16(27)24-15-17(28)26-14(19(29)30)8-9-33-18(15)26/h7-8,10-11,15,18H,4-6,9H2,1-3H3,(H,24,27)(H,29,30)(H,23,25,31)/b12-7-.